The minimum absolute atomic E-state index is 0.0865. The highest BCUT2D eigenvalue weighted by Gasteiger charge is 2.49. The van der Waals surface area contributed by atoms with E-state index in [2.05, 4.69) is 0 Å². The third-order valence-corrected chi connectivity index (χ3v) is 5.64. The monoisotopic (exact) mass is 334 g/mol. The van der Waals surface area contributed by atoms with Crippen LogP contribution in [0.5, 0.6) is 0 Å². The zero-order valence-corrected chi connectivity index (χ0v) is 14.5. The van der Waals surface area contributed by atoms with Crippen molar-refractivity contribution in [3.05, 3.63) is 24.2 Å². The van der Waals surface area contributed by atoms with Crippen molar-refractivity contribution in [2.24, 2.45) is 11.3 Å². The average molecular weight is 334 g/mol. The summed E-state index contributed by atoms with van der Waals surface area (Å²) >= 11 is 0. The summed E-state index contributed by atoms with van der Waals surface area (Å²) in [6.07, 6.45) is 3.77. The molecule has 2 aliphatic rings. The number of hydrogen-bond donors (Lipinski definition) is 0. The van der Waals surface area contributed by atoms with Gasteiger partial charge in [-0.15, -0.1) is 0 Å². The number of amides is 2. The second-order valence-corrected chi connectivity index (χ2v) is 7.05. The van der Waals surface area contributed by atoms with Crippen molar-refractivity contribution in [1.29, 1.82) is 0 Å². The van der Waals surface area contributed by atoms with Gasteiger partial charge in [-0.1, -0.05) is 0 Å². The Balaban J connectivity index is 1.62. The minimum Gasteiger partial charge on any atom is -0.469 e. The van der Waals surface area contributed by atoms with Crippen LogP contribution in [-0.4, -0.2) is 61.5 Å². The molecule has 3 heterocycles. The van der Waals surface area contributed by atoms with Crippen LogP contribution >= 0.6 is 0 Å². The molecule has 0 aliphatic carbocycles. The van der Waals surface area contributed by atoms with Gasteiger partial charge in [-0.2, -0.15) is 0 Å². The number of furan rings is 1. The van der Waals surface area contributed by atoms with Crippen molar-refractivity contribution in [2.75, 3.05) is 39.9 Å². The molecule has 1 atom stereocenters. The SMILES string of the molecule is COC[C@H]1CN(C(C)=O)CC12CCN(C(=O)Cc1ccco1)CC2. The number of carbonyl (C=O) groups is 2. The van der Waals surface area contributed by atoms with Gasteiger partial charge >= 0.3 is 0 Å². The van der Waals surface area contributed by atoms with Gasteiger partial charge in [0.1, 0.15) is 5.76 Å². The molecule has 24 heavy (non-hydrogen) atoms. The standard InChI is InChI=1S/C18H26N2O4/c1-14(21)20-11-15(12-23-2)18(13-20)5-7-19(8-6-18)17(22)10-16-4-3-9-24-16/h3-4,9,15H,5-8,10-13H2,1-2H3/t15-/m1/s1. The zero-order chi connectivity index (χ0) is 17.2. The second kappa shape index (κ2) is 6.97. The number of carbonyl (C=O) groups excluding carboxylic acids is 2. The topological polar surface area (TPSA) is 63.0 Å². The lowest BCUT2D eigenvalue weighted by molar-refractivity contribution is -0.134. The van der Waals surface area contributed by atoms with E-state index in [0.29, 0.717) is 24.7 Å². The van der Waals surface area contributed by atoms with E-state index >= 15 is 0 Å². The van der Waals surface area contributed by atoms with E-state index in [1.807, 2.05) is 15.9 Å². The first kappa shape index (κ1) is 17.0. The number of rotatable bonds is 4. The van der Waals surface area contributed by atoms with Crippen molar-refractivity contribution in [1.82, 2.24) is 9.80 Å². The molecule has 0 N–H and O–H groups in total. The van der Waals surface area contributed by atoms with Crippen LogP contribution in [0.15, 0.2) is 22.8 Å². The Morgan fingerprint density at radius 3 is 2.67 bits per heavy atom. The van der Waals surface area contributed by atoms with Gasteiger partial charge in [-0.25, -0.2) is 0 Å². The third kappa shape index (κ3) is 3.34. The van der Waals surface area contributed by atoms with Gasteiger partial charge < -0.3 is 19.0 Å². The Bertz CT molecular complexity index is 576. The van der Waals surface area contributed by atoms with Crippen molar-refractivity contribution < 1.29 is 18.7 Å². The van der Waals surface area contributed by atoms with Gasteiger partial charge in [0.15, 0.2) is 0 Å². The molecule has 2 amide bonds. The van der Waals surface area contributed by atoms with Crippen LogP contribution < -0.4 is 0 Å². The fourth-order valence-electron chi connectivity index (χ4n) is 4.15. The summed E-state index contributed by atoms with van der Waals surface area (Å²) in [6.45, 7) is 5.34. The first-order valence-corrected chi connectivity index (χ1v) is 8.59. The van der Waals surface area contributed by atoms with Crippen molar-refractivity contribution in [3.63, 3.8) is 0 Å². The van der Waals surface area contributed by atoms with Crippen LogP contribution in [0.3, 0.4) is 0 Å². The number of hydrogen-bond acceptors (Lipinski definition) is 4. The Labute approximate surface area is 142 Å². The molecule has 6 nitrogen and oxygen atoms in total. The second-order valence-electron chi connectivity index (χ2n) is 7.05. The Kier molecular flexibility index (Phi) is 4.94. The average Bonchev–Trinajstić information content (AvgIpc) is 3.18. The molecule has 2 fully saturated rings. The van der Waals surface area contributed by atoms with E-state index in [0.717, 1.165) is 39.0 Å². The van der Waals surface area contributed by atoms with E-state index in [-0.39, 0.29) is 17.2 Å². The van der Waals surface area contributed by atoms with Gasteiger partial charge in [0, 0.05) is 46.1 Å². The van der Waals surface area contributed by atoms with Gasteiger partial charge in [0.2, 0.25) is 11.8 Å². The van der Waals surface area contributed by atoms with Crippen LogP contribution in [0.25, 0.3) is 0 Å². The molecule has 132 valence electrons. The summed E-state index contributed by atoms with van der Waals surface area (Å²) in [7, 11) is 1.71. The molecule has 2 saturated heterocycles. The highest BCUT2D eigenvalue weighted by molar-refractivity contribution is 5.78. The fourth-order valence-corrected chi connectivity index (χ4v) is 4.15. The van der Waals surface area contributed by atoms with Gasteiger partial charge in [0.05, 0.1) is 19.3 Å². The molecule has 2 aliphatic heterocycles. The van der Waals surface area contributed by atoms with E-state index in [9.17, 15) is 9.59 Å². The maximum Gasteiger partial charge on any atom is 0.230 e. The summed E-state index contributed by atoms with van der Waals surface area (Å²) in [5, 5.41) is 0. The lowest BCUT2D eigenvalue weighted by Gasteiger charge is -2.42. The van der Waals surface area contributed by atoms with Gasteiger partial charge in [-0.05, 0) is 30.4 Å². The van der Waals surface area contributed by atoms with Crippen molar-refractivity contribution >= 4 is 11.8 Å². The molecule has 1 spiro atoms. The van der Waals surface area contributed by atoms with Crippen LogP contribution in [0.4, 0.5) is 0 Å². The number of ether oxygens (including phenoxy) is 1. The van der Waals surface area contributed by atoms with E-state index in [1.165, 1.54) is 0 Å². The summed E-state index contributed by atoms with van der Waals surface area (Å²) in [6, 6.07) is 3.64. The Morgan fingerprint density at radius 2 is 2.08 bits per heavy atom. The smallest absolute Gasteiger partial charge is 0.230 e. The Morgan fingerprint density at radius 1 is 1.33 bits per heavy atom. The molecule has 1 aromatic rings. The molecule has 6 heteroatoms. The highest BCUT2D eigenvalue weighted by atomic mass is 16.5. The fraction of sp³-hybridized carbons (Fsp3) is 0.667. The summed E-state index contributed by atoms with van der Waals surface area (Å²) in [4.78, 5) is 28.1. The van der Waals surface area contributed by atoms with Gasteiger partial charge in [0.25, 0.3) is 0 Å². The predicted octanol–water partition coefficient (Wildman–Crippen LogP) is 1.56. The molecule has 0 unspecified atom stereocenters. The first-order valence-electron chi connectivity index (χ1n) is 8.59. The van der Waals surface area contributed by atoms with Crippen LogP contribution in [-0.2, 0) is 20.7 Å². The number of likely N-dealkylation sites (tertiary alicyclic amines) is 2. The van der Waals surface area contributed by atoms with Crippen LogP contribution in [0.1, 0.15) is 25.5 Å². The normalized spacial score (nSPS) is 23.0. The molecule has 3 rings (SSSR count). The van der Waals surface area contributed by atoms with Crippen LogP contribution in [0, 0.1) is 11.3 Å². The van der Waals surface area contributed by atoms with Crippen molar-refractivity contribution in [2.45, 2.75) is 26.2 Å². The van der Waals surface area contributed by atoms with E-state index in [1.54, 1.807) is 26.4 Å². The lowest BCUT2D eigenvalue weighted by Crippen LogP contribution is -2.47. The minimum atomic E-state index is 0.0865. The van der Waals surface area contributed by atoms with Crippen LogP contribution in [0.2, 0.25) is 0 Å². The maximum absolute atomic E-state index is 12.4. The molecule has 1 aromatic heterocycles. The lowest BCUT2D eigenvalue weighted by atomic mass is 9.71. The third-order valence-electron chi connectivity index (χ3n) is 5.64. The quantitative estimate of drug-likeness (QED) is 0.838. The number of piperidine rings is 1. The predicted molar refractivity (Wildman–Crippen MR) is 88.3 cm³/mol. The molecule has 0 bridgehead atoms. The van der Waals surface area contributed by atoms with Gasteiger partial charge in [-0.3, -0.25) is 9.59 Å². The van der Waals surface area contributed by atoms with E-state index < -0.39 is 0 Å². The molecule has 0 radical (unpaired) electrons. The molecular formula is C18H26N2O4. The van der Waals surface area contributed by atoms with E-state index in [4.69, 9.17) is 9.15 Å². The Hall–Kier alpha value is -1.82. The maximum atomic E-state index is 12.4. The molecular weight excluding hydrogens is 308 g/mol. The number of nitrogens with zero attached hydrogens (tertiary/aromatic N) is 2. The first-order chi connectivity index (χ1) is 11.5. The zero-order valence-electron chi connectivity index (χ0n) is 14.5. The highest BCUT2D eigenvalue weighted by Crippen LogP contribution is 2.44. The largest absolute Gasteiger partial charge is 0.469 e. The van der Waals surface area contributed by atoms with Crippen molar-refractivity contribution in [3.8, 4) is 0 Å². The number of methoxy groups -OCH3 is 1. The summed E-state index contributed by atoms with van der Waals surface area (Å²) < 4.78 is 10.7. The summed E-state index contributed by atoms with van der Waals surface area (Å²) in [5.74, 6) is 1.31. The molecule has 0 saturated carbocycles. The summed E-state index contributed by atoms with van der Waals surface area (Å²) in [5.41, 5.74) is 0.0865. The molecule has 0 aromatic carbocycles.